The molecule has 2 N–H and O–H groups in total. The van der Waals surface area contributed by atoms with Gasteiger partial charge in [0.15, 0.2) is 0 Å². The molecule has 2 aromatic rings. The minimum atomic E-state index is -1.13. The van der Waals surface area contributed by atoms with Crippen LogP contribution in [0.25, 0.3) is 0 Å². The Kier molecular flexibility index (Phi) is 6.47. The normalized spacial score (nSPS) is 17.6. The second-order valence-electron chi connectivity index (χ2n) is 7.76. The molecule has 1 heterocycles. The Morgan fingerprint density at radius 2 is 1.61 bits per heavy atom. The molecule has 1 aliphatic rings. The summed E-state index contributed by atoms with van der Waals surface area (Å²) in [5.74, 6) is -1.03. The third kappa shape index (κ3) is 4.78. The largest absolute Gasteiger partial charge is 0.481 e. The number of carboxylic acids is 1. The van der Waals surface area contributed by atoms with Crippen molar-refractivity contribution < 1.29 is 14.7 Å². The van der Waals surface area contributed by atoms with Gasteiger partial charge in [0.2, 0.25) is 5.91 Å². The minimum Gasteiger partial charge on any atom is -0.481 e. The highest BCUT2D eigenvalue weighted by Crippen LogP contribution is 2.24. The van der Waals surface area contributed by atoms with E-state index in [0.29, 0.717) is 5.56 Å². The number of piperidine rings is 1. The number of aliphatic carboxylic acids is 1. The van der Waals surface area contributed by atoms with E-state index in [9.17, 15) is 14.7 Å². The highest BCUT2D eigenvalue weighted by Gasteiger charge is 2.36. The Morgan fingerprint density at radius 1 is 1.04 bits per heavy atom. The zero-order valence-corrected chi connectivity index (χ0v) is 16.3. The Labute approximate surface area is 166 Å². The number of carboxylic acid groups (broad SMARTS) is 1. The van der Waals surface area contributed by atoms with Crippen LogP contribution in [0.15, 0.2) is 60.7 Å². The van der Waals surface area contributed by atoms with Gasteiger partial charge in [0, 0.05) is 19.0 Å². The highest BCUT2D eigenvalue weighted by atomic mass is 16.4. The maximum Gasteiger partial charge on any atom is 0.315 e. The Bertz CT molecular complexity index is 786. The van der Waals surface area contributed by atoms with E-state index >= 15 is 0 Å². The molecule has 0 bridgehead atoms. The van der Waals surface area contributed by atoms with Crippen molar-refractivity contribution in [3.63, 3.8) is 0 Å². The number of carbonyl (C=O) groups is 2. The second kappa shape index (κ2) is 9.02. The van der Waals surface area contributed by atoms with E-state index in [1.165, 1.54) is 5.56 Å². The predicted octanol–water partition coefficient (Wildman–Crippen LogP) is 3.06. The quantitative estimate of drug-likeness (QED) is 0.775. The fraction of sp³-hybridized carbons (Fsp3) is 0.391. The first kappa shape index (κ1) is 20.1. The fourth-order valence-electron chi connectivity index (χ4n) is 3.71. The fourth-order valence-corrected chi connectivity index (χ4v) is 3.71. The molecule has 1 unspecified atom stereocenters. The van der Waals surface area contributed by atoms with Gasteiger partial charge in [-0.15, -0.1) is 0 Å². The van der Waals surface area contributed by atoms with Crippen LogP contribution >= 0.6 is 0 Å². The summed E-state index contributed by atoms with van der Waals surface area (Å²) < 4.78 is 0. The smallest absolute Gasteiger partial charge is 0.315 e. The van der Waals surface area contributed by atoms with E-state index in [1.54, 1.807) is 19.1 Å². The van der Waals surface area contributed by atoms with Gasteiger partial charge in [-0.3, -0.25) is 14.5 Å². The summed E-state index contributed by atoms with van der Waals surface area (Å²) in [5, 5.41) is 12.6. The van der Waals surface area contributed by atoms with E-state index in [2.05, 4.69) is 22.3 Å². The molecule has 2 aromatic carbocycles. The van der Waals surface area contributed by atoms with Crippen LogP contribution in [-0.2, 0) is 21.5 Å². The molecule has 0 spiro atoms. The lowest BCUT2D eigenvalue weighted by molar-refractivity contribution is -0.143. The molecular weight excluding hydrogens is 352 g/mol. The summed E-state index contributed by atoms with van der Waals surface area (Å²) in [6.45, 7) is 4.41. The lowest BCUT2D eigenvalue weighted by Gasteiger charge is -2.32. The van der Waals surface area contributed by atoms with Crippen LogP contribution in [0.5, 0.6) is 0 Å². The van der Waals surface area contributed by atoms with Crippen molar-refractivity contribution in [3.05, 3.63) is 71.8 Å². The number of likely N-dealkylation sites (tertiary alicyclic amines) is 1. The standard InChI is InChI=1S/C23H28N2O3/c1-23(22(27)28,20-10-6-3-7-11-20)17-24-21(26)19-12-14-25(15-13-19)16-18-8-4-2-5-9-18/h2-11,19H,12-17H2,1H3,(H,24,26)(H,27,28). The van der Waals surface area contributed by atoms with E-state index in [-0.39, 0.29) is 18.4 Å². The zero-order valence-electron chi connectivity index (χ0n) is 16.3. The van der Waals surface area contributed by atoms with Crippen molar-refractivity contribution in [2.45, 2.75) is 31.7 Å². The van der Waals surface area contributed by atoms with Crippen molar-refractivity contribution in [2.75, 3.05) is 19.6 Å². The van der Waals surface area contributed by atoms with Gasteiger partial charge in [-0.1, -0.05) is 60.7 Å². The molecule has 28 heavy (non-hydrogen) atoms. The van der Waals surface area contributed by atoms with Crippen LogP contribution in [0.2, 0.25) is 0 Å². The van der Waals surface area contributed by atoms with Crippen LogP contribution in [0.4, 0.5) is 0 Å². The zero-order chi connectivity index (χ0) is 20.0. The number of carbonyl (C=O) groups excluding carboxylic acids is 1. The van der Waals surface area contributed by atoms with Crippen molar-refractivity contribution in [3.8, 4) is 0 Å². The minimum absolute atomic E-state index is 0.0391. The maximum absolute atomic E-state index is 12.6. The van der Waals surface area contributed by atoms with Gasteiger partial charge >= 0.3 is 5.97 Å². The van der Waals surface area contributed by atoms with E-state index < -0.39 is 11.4 Å². The number of hydrogen-bond donors (Lipinski definition) is 2. The van der Waals surface area contributed by atoms with Crippen LogP contribution in [0, 0.1) is 5.92 Å². The van der Waals surface area contributed by atoms with Gasteiger partial charge < -0.3 is 10.4 Å². The van der Waals surface area contributed by atoms with Gasteiger partial charge in [0.25, 0.3) is 0 Å². The summed E-state index contributed by atoms with van der Waals surface area (Å²) in [6.07, 6.45) is 1.60. The van der Waals surface area contributed by atoms with Crippen molar-refractivity contribution in [1.82, 2.24) is 10.2 Å². The van der Waals surface area contributed by atoms with Crippen molar-refractivity contribution in [1.29, 1.82) is 0 Å². The van der Waals surface area contributed by atoms with Crippen LogP contribution < -0.4 is 5.32 Å². The molecule has 1 atom stereocenters. The average molecular weight is 380 g/mol. The van der Waals surface area contributed by atoms with Gasteiger partial charge in [-0.2, -0.15) is 0 Å². The molecule has 1 aliphatic heterocycles. The van der Waals surface area contributed by atoms with Crippen molar-refractivity contribution in [2.24, 2.45) is 5.92 Å². The third-order valence-corrected chi connectivity index (χ3v) is 5.71. The van der Waals surface area contributed by atoms with E-state index in [1.807, 2.05) is 36.4 Å². The number of amides is 1. The second-order valence-corrected chi connectivity index (χ2v) is 7.76. The molecule has 0 aromatic heterocycles. The summed E-state index contributed by atoms with van der Waals surface area (Å²) in [6, 6.07) is 19.4. The summed E-state index contributed by atoms with van der Waals surface area (Å²) in [5.41, 5.74) is 0.844. The molecule has 5 nitrogen and oxygen atoms in total. The molecular formula is C23H28N2O3. The lowest BCUT2D eigenvalue weighted by Crippen LogP contribution is -2.47. The maximum atomic E-state index is 12.6. The molecule has 1 amide bonds. The van der Waals surface area contributed by atoms with Gasteiger partial charge in [-0.05, 0) is 44.0 Å². The van der Waals surface area contributed by atoms with Crippen molar-refractivity contribution >= 4 is 11.9 Å². The summed E-state index contributed by atoms with van der Waals surface area (Å²) in [4.78, 5) is 26.9. The summed E-state index contributed by atoms with van der Waals surface area (Å²) >= 11 is 0. The first-order chi connectivity index (χ1) is 13.5. The van der Waals surface area contributed by atoms with Gasteiger partial charge in [-0.25, -0.2) is 0 Å². The average Bonchev–Trinajstić information content (AvgIpc) is 2.73. The molecule has 0 radical (unpaired) electrons. The molecule has 148 valence electrons. The predicted molar refractivity (Wildman–Crippen MR) is 109 cm³/mol. The first-order valence-electron chi connectivity index (χ1n) is 9.82. The SMILES string of the molecule is CC(CNC(=O)C1CCN(Cc2ccccc2)CC1)(C(=O)O)c1ccccc1. The Hall–Kier alpha value is -2.66. The third-order valence-electron chi connectivity index (χ3n) is 5.71. The molecule has 1 saturated heterocycles. The first-order valence-corrected chi connectivity index (χ1v) is 9.82. The van der Waals surface area contributed by atoms with Gasteiger partial charge in [0.1, 0.15) is 5.41 Å². The monoisotopic (exact) mass is 380 g/mol. The van der Waals surface area contributed by atoms with E-state index in [0.717, 1.165) is 32.5 Å². The topological polar surface area (TPSA) is 69.6 Å². The van der Waals surface area contributed by atoms with Gasteiger partial charge in [0.05, 0.1) is 0 Å². The Balaban J connectivity index is 1.52. The molecule has 1 fully saturated rings. The number of nitrogens with zero attached hydrogens (tertiary/aromatic N) is 1. The number of nitrogens with one attached hydrogen (secondary N) is 1. The number of benzene rings is 2. The van der Waals surface area contributed by atoms with Crippen LogP contribution in [-0.4, -0.2) is 41.5 Å². The van der Waals surface area contributed by atoms with E-state index in [4.69, 9.17) is 0 Å². The Morgan fingerprint density at radius 3 is 2.18 bits per heavy atom. The number of hydrogen-bond acceptors (Lipinski definition) is 3. The molecule has 5 heteroatoms. The lowest BCUT2D eigenvalue weighted by atomic mass is 9.82. The number of rotatable bonds is 7. The van der Waals surface area contributed by atoms with Crippen LogP contribution in [0.3, 0.4) is 0 Å². The molecule has 0 aliphatic carbocycles. The summed E-state index contributed by atoms with van der Waals surface area (Å²) in [7, 11) is 0. The molecule has 3 rings (SSSR count). The molecule has 0 saturated carbocycles. The van der Waals surface area contributed by atoms with Crippen LogP contribution in [0.1, 0.15) is 30.9 Å². The highest BCUT2D eigenvalue weighted by molar-refractivity contribution is 5.84.